The van der Waals surface area contributed by atoms with Crippen molar-refractivity contribution in [2.24, 2.45) is 0 Å². The van der Waals surface area contributed by atoms with Crippen LogP contribution in [-0.2, 0) is 0 Å². The highest BCUT2D eigenvalue weighted by molar-refractivity contribution is 6.37. The Morgan fingerprint density at radius 1 is 0.600 bits per heavy atom. The highest BCUT2D eigenvalue weighted by Crippen LogP contribution is 2.38. The normalized spacial score (nSPS) is 11.0. The van der Waals surface area contributed by atoms with Crippen molar-refractivity contribution < 1.29 is 22.0 Å². The van der Waals surface area contributed by atoms with E-state index in [0.29, 0.717) is 12.1 Å². The van der Waals surface area contributed by atoms with Crippen molar-refractivity contribution in [3.63, 3.8) is 0 Å². The summed E-state index contributed by atoms with van der Waals surface area (Å²) in [6.07, 6.45) is 0. The molecule has 0 saturated heterocycles. The number of halogens is 8. The summed E-state index contributed by atoms with van der Waals surface area (Å²) < 4.78 is 66.9. The molecule has 0 radical (unpaired) electrons. The number of hydrogen-bond donors (Lipinski definition) is 0. The molecule has 0 aliphatic heterocycles. The summed E-state index contributed by atoms with van der Waals surface area (Å²) in [5.74, 6) is -7.74. The van der Waals surface area contributed by atoms with E-state index in [1.807, 2.05) is 0 Å². The molecule has 0 aliphatic carbocycles. The quantitative estimate of drug-likeness (QED) is 0.337. The van der Waals surface area contributed by atoms with Gasteiger partial charge in [0.1, 0.15) is 10.8 Å². The largest absolute Gasteiger partial charge is 0.205 e. The summed E-state index contributed by atoms with van der Waals surface area (Å²) in [4.78, 5) is 0. The fraction of sp³-hybridized carbons (Fsp3) is 0. The Bertz CT molecular complexity index is 654. The number of benzene rings is 2. The van der Waals surface area contributed by atoms with Crippen LogP contribution in [0.2, 0.25) is 15.1 Å². The van der Waals surface area contributed by atoms with Gasteiger partial charge in [0, 0.05) is 11.1 Å². The van der Waals surface area contributed by atoms with E-state index in [-0.39, 0.29) is 0 Å². The van der Waals surface area contributed by atoms with E-state index in [1.165, 1.54) is 0 Å². The van der Waals surface area contributed by atoms with Crippen molar-refractivity contribution in [3.05, 3.63) is 56.3 Å². The zero-order valence-corrected chi connectivity index (χ0v) is 11.4. The minimum absolute atomic E-state index is 0.538. The van der Waals surface area contributed by atoms with Gasteiger partial charge in [-0.3, -0.25) is 0 Å². The molecule has 0 aromatic heterocycles. The smallest absolute Gasteiger partial charge is 0.196 e. The second kappa shape index (κ2) is 5.39. The summed E-state index contributed by atoms with van der Waals surface area (Å²) in [6, 6.07) is 1.27. The molecule has 0 unspecified atom stereocenters. The van der Waals surface area contributed by atoms with Crippen molar-refractivity contribution in [1.29, 1.82) is 0 Å². The molecule has 0 spiro atoms. The first kappa shape index (κ1) is 15.4. The number of hydrogen-bond acceptors (Lipinski definition) is 0. The van der Waals surface area contributed by atoms with E-state index in [1.54, 1.807) is 0 Å². The lowest BCUT2D eigenvalue weighted by molar-refractivity contribution is 0.449. The van der Waals surface area contributed by atoms with Crippen molar-refractivity contribution in [2.75, 3.05) is 0 Å². The molecule has 2 rings (SSSR count). The zero-order valence-electron chi connectivity index (χ0n) is 9.18. The van der Waals surface area contributed by atoms with Crippen LogP contribution in [-0.4, -0.2) is 0 Å². The van der Waals surface area contributed by atoms with E-state index in [0.717, 1.165) is 0 Å². The summed E-state index contributed by atoms with van der Waals surface area (Å²) in [5.41, 5.74) is -1.22. The van der Waals surface area contributed by atoms with Gasteiger partial charge in [-0.05, 0) is 12.1 Å². The van der Waals surface area contributed by atoms with Crippen molar-refractivity contribution >= 4 is 34.8 Å². The first-order valence-electron chi connectivity index (χ1n) is 4.92. The zero-order chi connectivity index (χ0) is 15.2. The van der Waals surface area contributed by atoms with E-state index < -0.39 is 55.3 Å². The molecule has 0 heterocycles. The molecular weight excluding hydrogens is 345 g/mol. The van der Waals surface area contributed by atoms with Gasteiger partial charge in [-0.15, -0.1) is 0 Å². The van der Waals surface area contributed by atoms with Crippen LogP contribution in [0.3, 0.4) is 0 Å². The maximum absolute atomic E-state index is 13.7. The van der Waals surface area contributed by atoms with Crippen molar-refractivity contribution in [3.8, 4) is 11.1 Å². The monoisotopic (exact) mass is 346 g/mol. The Labute approximate surface area is 124 Å². The highest BCUT2D eigenvalue weighted by atomic mass is 35.5. The fourth-order valence-corrected chi connectivity index (χ4v) is 2.18. The topological polar surface area (TPSA) is 0 Å². The third-order valence-corrected chi connectivity index (χ3v) is 3.49. The Hall–Kier alpha value is -1.04. The van der Waals surface area contributed by atoms with Crippen LogP contribution in [0.4, 0.5) is 22.0 Å². The Kier molecular flexibility index (Phi) is 4.14. The molecule has 2 aromatic carbocycles. The SMILES string of the molecule is Fc1cc(-c2cc(Cl)c(F)c(F)c2F)c(Cl)c(F)c1Cl. The maximum Gasteiger partial charge on any atom is 0.196 e. The lowest BCUT2D eigenvalue weighted by atomic mass is 10.0. The lowest BCUT2D eigenvalue weighted by Crippen LogP contribution is -1.98. The Balaban J connectivity index is 2.83. The van der Waals surface area contributed by atoms with Gasteiger partial charge in [-0.25, -0.2) is 22.0 Å². The van der Waals surface area contributed by atoms with Gasteiger partial charge in [-0.1, -0.05) is 34.8 Å². The second-order valence-corrected chi connectivity index (χ2v) is 4.86. The maximum atomic E-state index is 13.7. The molecule has 0 nitrogen and oxygen atoms in total. The molecule has 0 amide bonds. The Morgan fingerprint density at radius 3 is 1.80 bits per heavy atom. The van der Waals surface area contributed by atoms with E-state index in [2.05, 4.69) is 0 Å². The van der Waals surface area contributed by atoms with E-state index >= 15 is 0 Å². The average Bonchev–Trinajstić information content (AvgIpc) is 2.42. The van der Waals surface area contributed by atoms with Crippen LogP contribution in [0.5, 0.6) is 0 Å². The molecule has 0 bridgehead atoms. The van der Waals surface area contributed by atoms with E-state index in [4.69, 9.17) is 34.8 Å². The molecule has 20 heavy (non-hydrogen) atoms. The molecule has 0 N–H and O–H groups in total. The van der Waals surface area contributed by atoms with Gasteiger partial charge in [-0.2, -0.15) is 0 Å². The van der Waals surface area contributed by atoms with Crippen LogP contribution in [0, 0.1) is 29.1 Å². The van der Waals surface area contributed by atoms with Gasteiger partial charge in [0.15, 0.2) is 23.3 Å². The Morgan fingerprint density at radius 2 is 1.20 bits per heavy atom. The second-order valence-electron chi connectivity index (χ2n) is 3.70. The molecule has 106 valence electrons. The molecule has 0 atom stereocenters. The van der Waals surface area contributed by atoms with Gasteiger partial charge in [0.25, 0.3) is 0 Å². The molecule has 0 fully saturated rings. The average molecular weight is 347 g/mol. The van der Waals surface area contributed by atoms with Gasteiger partial charge >= 0.3 is 0 Å². The van der Waals surface area contributed by atoms with Crippen LogP contribution < -0.4 is 0 Å². The summed E-state index contributed by atoms with van der Waals surface area (Å²) in [7, 11) is 0. The van der Waals surface area contributed by atoms with Crippen LogP contribution in [0.25, 0.3) is 11.1 Å². The predicted molar refractivity (Wildman–Crippen MR) is 66.7 cm³/mol. The van der Waals surface area contributed by atoms with Gasteiger partial charge < -0.3 is 0 Å². The summed E-state index contributed by atoms with van der Waals surface area (Å²) >= 11 is 16.2. The predicted octanol–water partition coefficient (Wildman–Crippen LogP) is 6.01. The number of rotatable bonds is 1. The first-order valence-corrected chi connectivity index (χ1v) is 6.05. The highest BCUT2D eigenvalue weighted by Gasteiger charge is 2.23. The van der Waals surface area contributed by atoms with Gasteiger partial charge in [0.2, 0.25) is 0 Å². The van der Waals surface area contributed by atoms with Crippen LogP contribution >= 0.6 is 34.8 Å². The molecule has 8 heteroatoms. The van der Waals surface area contributed by atoms with Crippen LogP contribution in [0.15, 0.2) is 12.1 Å². The van der Waals surface area contributed by atoms with E-state index in [9.17, 15) is 22.0 Å². The van der Waals surface area contributed by atoms with Crippen molar-refractivity contribution in [1.82, 2.24) is 0 Å². The van der Waals surface area contributed by atoms with Crippen molar-refractivity contribution in [2.45, 2.75) is 0 Å². The lowest BCUT2D eigenvalue weighted by Gasteiger charge is -2.10. The standard InChI is InChI=1S/C12H2Cl3F5/c13-5-1-4(9(17)12(20)10(5)18)3-2-6(16)8(15)11(19)7(3)14/h1-2H. The third-order valence-electron chi connectivity index (χ3n) is 2.50. The molecule has 0 saturated carbocycles. The molecular formula is C12H2Cl3F5. The summed E-state index contributed by atoms with van der Waals surface area (Å²) in [5, 5.41) is -2.39. The fourth-order valence-electron chi connectivity index (χ4n) is 1.54. The molecule has 2 aromatic rings. The van der Waals surface area contributed by atoms with Gasteiger partial charge in [0.05, 0.1) is 10.0 Å². The molecule has 0 aliphatic rings. The summed E-state index contributed by atoms with van der Waals surface area (Å²) in [6.45, 7) is 0. The van der Waals surface area contributed by atoms with Crippen LogP contribution in [0.1, 0.15) is 0 Å². The minimum Gasteiger partial charge on any atom is -0.205 e. The first-order chi connectivity index (χ1) is 9.25. The third kappa shape index (κ3) is 2.34. The minimum atomic E-state index is -1.88.